The first-order chi connectivity index (χ1) is 14.9. The van der Waals surface area contributed by atoms with Gasteiger partial charge in [0.1, 0.15) is 12.4 Å². The second-order valence-electron chi connectivity index (χ2n) is 9.88. The third kappa shape index (κ3) is 6.13. The Labute approximate surface area is 193 Å². The van der Waals surface area contributed by atoms with Gasteiger partial charge in [-0.15, -0.1) is 0 Å². The van der Waals surface area contributed by atoms with E-state index in [0.29, 0.717) is 19.4 Å². The van der Waals surface area contributed by atoms with Gasteiger partial charge in [0, 0.05) is 44.0 Å². The van der Waals surface area contributed by atoms with E-state index in [9.17, 15) is 13.6 Å². The standard InChI is InChI=1S/C23H34F2N4O2S/c1-22(2,3)21-26-18-13-17(28(5)32-27(4)15-20(30)31)8-9-19(18)29(21)14-16-7-6-11-23(24,25)12-10-16/h8-9,13,16H,6-7,10-12,14-15H2,1-5H3,(H,30,31). The van der Waals surface area contributed by atoms with Crippen LogP contribution in [0.1, 0.15) is 58.7 Å². The van der Waals surface area contributed by atoms with Crippen molar-refractivity contribution in [3.63, 3.8) is 0 Å². The highest BCUT2D eigenvalue weighted by Crippen LogP contribution is 2.37. The molecule has 0 aliphatic heterocycles. The van der Waals surface area contributed by atoms with Crippen LogP contribution >= 0.6 is 12.1 Å². The number of aliphatic carboxylic acids is 1. The zero-order valence-corrected chi connectivity index (χ0v) is 20.4. The molecule has 178 valence electrons. The predicted molar refractivity (Wildman–Crippen MR) is 126 cm³/mol. The number of carboxylic acid groups (broad SMARTS) is 1. The van der Waals surface area contributed by atoms with E-state index in [0.717, 1.165) is 29.0 Å². The molecule has 1 fully saturated rings. The van der Waals surface area contributed by atoms with E-state index < -0.39 is 11.9 Å². The van der Waals surface area contributed by atoms with Gasteiger partial charge in [0.05, 0.1) is 16.7 Å². The fraction of sp³-hybridized carbons (Fsp3) is 0.652. The van der Waals surface area contributed by atoms with Crippen molar-refractivity contribution < 1.29 is 18.7 Å². The number of aromatic nitrogens is 2. The highest BCUT2D eigenvalue weighted by molar-refractivity contribution is 7.98. The molecule has 32 heavy (non-hydrogen) atoms. The van der Waals surface area contributed by atoms with Crippen molar-refractivity contribution >= 4 is 34.8 Å². The number of hydrogen-bond acceptors (Lipinski definition) is 5. The van der Waals surface area contributed by atoms with Crippen LogP contribution in [0, 0.1) is 5.92 Å². The van der Waals surface area contributed by atoms with Gasteiger partial charge < -0.3 is 14.0 Å². The van der Waals surface area contributed by atoms with Gasteiger partial charge in [-0.2, -0.15) is 0 Å². The zero-order valence-electron chi connectivity index (χ0n) is 19.6. The van der Waals surface area contributed by atoms with Gasteiger partial charge in [-0.3, -0.25) is 4.79 Å². The Morgan fingerprint density at radius 2 is 2.00 bits per heavy atom. The van der Waals surface area contributed by atoms with Crippen LogP contribution in [0.25, 0.3) is 11.0 Å². The highest BCUT2D eigenvalue weighted by atomic mass is 32.2. The number of benzene rings is 1. The molecule has 1 aliphatic carbocycles. The number of alkyl halides is 2. The number of anilines is 1. The zero-order chi connectivity index (χ0) is 23.7. The van der Waals surface area contributed by atoms with E-state index >= 15 is 0 Å². The van der Waals surface area contributed by atoms with Crippen LogP contribution < -0.4 is 4.31 Å². The highest BCUT2D eigenvalue weighted by Gasteiger charge is 2.33. The maximum atomic E-state index is 13.9. The summed E-state index contributed by atoms with van der Waals surface area (Å²) in [6.07, 6.45) is 1.86. The van der Waals surface area contributed by atoms with E-state index in [1.165, 1.54) is 12.1 Å². The van der Waals surface area contributed by atoms with Crippen LogP contribution in [-0.2, 0) is 16.8 Å². The quantitative estimate of drug-likeness (QED) is 0.424. The number of hydrogen-bond donors (Lipinski definition) is 1. The summed E-state index contributed by atoms with van der Waals surface area (Å²) in [7, 11) is 3.62. The molecule has 6 nitrogen and oxygen atoms in total. The smallest absolute Gasteiger partial charge is 0.318 e. The number of imidazole rings is 1. The number of halogens is 2. The molecule has 0 amide bonds. The molecule has 0 bridgehead atoms. The van der Waals surface area contributed by atoms with Gasteiger partial charge in [-0.05, 0) is 50.4 Å². The van der Waals surface area contributed by atoms with Crippen molar-refractivity contribution in [1.82, 2.24) is 13.9 Å². The minimum atomic E-state index is -2.54. The number of likely N-dealkylation sites (N-methyl/N-ethyl adjacent to an activating group) is 1. The fourth-order valence-electron chi connectivity index (χ4n) is 4.32. The summed E-state index contributed by atoms with van der Waals surface area (Å²) in [5.41, 5.74) is 2.60. The fourth-order valence-corrected chi connectivity index (χ4v) is 5.12. The Hall–Kier alpha value is -1.87. The van der Waals surface area contributed by atoms with Crippen molar-refractivity contribution in [3.05, 3.63) is 24.0 Å². The first-order valence-corrected chi connectivity index (χ1v) is 11.8. The third-order valence-corrected chi connectivity index (χ3v) is 6.76. The molecular weight excluding hydrogens is 434 g/mol. The number of fused-ring (bicyclic) bond motifs is 1. The number of carboxylic acids is 1. The molecular formula is C23H34F2N4O2S. The lowest BCUT2D eigenvalue weighted by atomic mass is 9.94. The van der Waals surface area contributed by atoms with Crippen LogP contribution in [0.15, 0.2) is 18.2 Å². The summed E-state index contributed by atoms with van der Waals surface area (Å²) >= 11 is 1.32. The van der Waals surface area contributed by atoms with Crippen LogP contribution in [0.4, 0.5) is 14.5 Å². The summed E-state index contributed by atoms with van der Waals surface area (Å²) in [5, 5.41) is 8.97. The van der Waals surface area contributed by atoms with Gasteiger partial charge in [0.2, 0.25) is 5.92 Å². The molecule has 1 aromatic heterocycles. The SMILES string of the molecule is CN(CC(=O)O)SN(C)c1ccc2c(c1)nc(C(C)(C)C)n2CC1CCCC(F)(F)CC1. The second-order valence-corrected chi connectivity index (χ2v) is 11.2. The van der Waals surface area contributed by atoms with Crippen LogP contribution in [0.5, 0.6) is 0 Å². The molecule has 1 heterocycles. The number of carbonyl (C=O) groups is 1. The van der Waals surface area contributed by atoms with Crippen molar-refractivity contribution in [2.45, 2.75) is 70.8 Å². The van der Waals surface area contributed by atoms with Gasteiger partial charge in [0.15, 0.2) is 0 Å². The third-order valence-electron chi connectivity index (χ3n) is 5.90. The Kier molecular flexibility index (Phi) is 7.39. The molecule has 0 spiro atoms. The summed E-state index contributed by atoms with van der Waals surface area (Å²) < 4.78 is 33.5. The Morgan fingerprint density at radius 3 is 2.66 bits per heavy atom. The maximum Gasteiger partial charge on any atom is 0.318 e. The lowest BCUT2D eigenvalue weighted by Crippen LogP contribution is -2.24. The minimum absolute atomic E-state index is 0.00993. The van der Waals surface area contributed by atoms with E-state index in [4.69, 9.17) is 10.1 Å². The normalized spacial score (nSPS) is 19.3. The predicted octanol–water partition coefficient (Wildman–Crippen LogP) is 5.57. The van der Waals surface area contributed by atoms with Crippen LogP contribution in [0.2, 0.25) is 0 Å². The van der Waals surface area contributed by atoms with E-state index in [1.807, 2.05) is 29.6 Å². The van der Waals surface area contributed by atoms with Gasteiger partial charge in [-0.25, -0.2) is 18.1 Å². The average Bonchev–Trinajstić information content (AvgIpc) is 2.93. The summed E-state index contributed by atoms with van der Waals surface area (Å²) in [5.74, 6) is -2.25. The molecule has 1 N–H and O–H groups in total. The molecule has 2 aromatic rings. The van der Waals surface area contributed by atoms with E-state index in [1.54, 1.807) is 11.4 Å². The Bertz CT molecular complexity index is 957. The average molecular weight is 469 g/mol. The molecule has 1 atom stereocenters. The second kappa shape index (κ2) is 9.55. The summed E-state index contributed by atoms with van der Waals surface area (Å²) in [6.45, 7) is 6.99. The topological polar surface area (TPSA) is 61.6 Å². The largest absolute Gasteiger partial charge is 0.480 e. The monoisotopic (exact) mass is 468 g/mol. The maximum absolute atomic E-state index is 13.9. The van der Waals surface area contributed by atoms with E-state index in [-0.39, 0.29) is 30.7 Å². The van der Waals surface area contributed by atoms with Gasteiger partial charge in [-0.1, -0.05) is 20.8 Å². The minimum Gasteiger partial charge on any atom is -0.480 e. The molecule has 1 unspecified atom stereocenters. The lowest BCUT2D eigenvalue weighted by Gasteiger charge is -2.24. The van der Waals surface area contributed by atoms with Crippen LogP contribution in [0.3, 0.4) is 0 Å². The van der Waals surface area contributed by atoms with Crippen molar-refractivity contribution in [2.75, 3.05) is 24.9 Å². The first kappa shape index (κ1) is 24.8. The molecule has 0 saturated heterocycles. The lowest BCUT2D eigenvalue weighted by molar-refractivity contribution is -0.136. The molecule has 9 heteroatoms. The van der Waals surface area contributed by atoms with E-state index in [2.05, 4.69) is 25.3 Å². The Balaban J connectivity index is 1.88. The first-order valence-electron chi connectivity index (χ1n) is 11.1. The van der Waals surface area contributed by atoms with Crippen LogP contribution in [-0.4, -0.2) is 51.5 Å². The van der Waals surface area contributed by atoms with Gasteiger partial charge in [0.25, 0.3) is 0 Å². The van der Waals surface area contributed by atoms with Gasteiger partial charge >= 0.3 is 5.97 Å². The molecule has 1 aromatic carbocycles. The summed E-state index contributed by atoms with van der Waals surface area (Å²) in [4.78, 5) is 15.9. The molecule has 3 rings (SSSR count). The van der Waals surface area contributed by atoms with Crippen molar-refractivity contribution in [1.29, 1.82) is 0 Å². The Morgan fingerprint density at radius 1 is 1.28 bits per heavy atom. The molecule has 0 radical (unpaired) electrons. The molecule has 1 aliphatic rings. The number of nitrogens with zero attached hydrogens (tertiary/aromatic N) is 4. The molecule has 1 saturated carbocycles. The van der Waals surface area contributed by atoms with Crippen molar-refractivity contribution in [3.8, 4) is 0 Å². The summed E-state index contributed by atoms with van der Waals surface area (Å²) in [6, 6.07) is 6.03. The van der Waals surface area contributed by atoms with Crippen molar-refractivity contribution in [2.24, 2.45) is 5.92 Å². The number of rotatable bonds is 7.